The van der Waals surface area contributed by atoms with Crippen LogP contribution in [-0.4, -0.2) is 10.1 Å². The molecule has 0 atom stereocenters. The first-order chi connectivity index (χ1) is 13.1. The van der Waals surface area contributed by atoms with Gasteiger partial charge < -0.3 is 9.26 Å². The molecule has 0 bridgehead atoms. The Morgan fingerprint density at radius 1 is 0.815 bits per heavy atom. The molecule has 0 aliphatic rings. The molecule has 0 amide bonds. The van der Waals surface area contributed by atoms with Crippen LogP contribution in [0.25, 0.3) is 22.8 Å². The lowest BCUT2D eigenvalue weighted by molar-refractivity contribution is 0.432. The predicted octanol–water partition coefficient (Wildman–Crippen LogP) is 5.78. The molecule has 6 heteroatoms. The molecular weight excluding hydrogens is 350 g/mol. The van der Waals surface area contributed by atoms with Gasteiger partial charge in [0.2, 0.25) is 5.82 Å². The van der Waals surface area contributed by atoms with E-state index in [1.165, 1.54) is 18.2 Å². The maximum atomic E-state index is 13.7. The number of benzene rings is 3. The van der Waals surface area contributed by atoms with Crippen molar-refractivity contribution in [2.75, 3.05) is 0 Å². The van der Waals surface area contributed by atoms with E-state index in [9.17, 15) is 8.78 Å². The van der Waals surface area contributed by atoms with Gasteiger partial charge in [0, 0.05) is 11.1 Å². The SMILES string of the molecule is Cc1ccc(-c2noc(-c3ccc(Oc4ccc(F)cc4)cc3)n2)cc1F. The van der Waals surface area contributed by atoms with Gasteiger partial charge >= 0.3 is 0 Å². The van der Waals surface area contributed by atoms with Gasteiger partial charge in [-0.2, -0.15) is 4.98 Å². The van der Waals surface area contributed by atoms with E-state index >= 15 is 0 Å². The molecule has 0 N–H and O–H groups in total. The van der Waals surface area contributed by atoms with Gasteiger partial charge in [-0.1, -0.05) is 17.3 Å². The summed E-state index contributed by atoms with van der Waals surface area (Å²) in [4.78, 5) is 4.32. The maximum absolute atomic E-state index is 13.7. The minimum Gasteiger partial charge on any atom is -0.457 e. The average molecular weight is 364 g/mol. The molecule has 3 aromatic carbocycles. The molecule has 0 fully saturated rings. The molecule has 0 spiro atoms. The number of halogens is 2. The smallest absolute Gasteiger partial charge is 0.258 e. The summed E-state index contributed by atoms with van der Waals surface area (Å²) < 4.78 is 37.6. The van der Waals surface area contributed by atoms with Gasteiger partial charge in [0.15, 0.2) is 0 Å². The van der Waals surface area contributed by atoms with Crippen LogP contribution < -0.4 is 4.74 Å². The lowest BCUT2D eigenvalue weighted by atomic mass is 10.1. The molecule has 0 saturated carbocycles. The second-order valence-corrected chi connectivity index (χ2v) is 5.97. The van der Waals surface area contributed by atoms with Crippen molar-refractivity contribution in [3.8, 4) is 34.3 Å². The quantitative estimate of drug-likeness (QED) is 0.460. The van der Waals surface area contributed by atoms with Crippen LogP contribution in [0, 0.1) is 18.6 Å². The van der Waals surface area contributed by atoms with Crippen molar-refractivity contribution in [2.45, 2.75) is 6.92 Å². The van der Waals surface area contributed by atoms with Crippen molar-refractivity contribution in [2.24, 2.45) is 0 Å². The molecule has 0 radical (unpaired) electrons. The number of aryl methyl sites for hydroxylation is 1. The first kappa shape index (κ1) is 16.9. The Balaban J connectivity index is 1.53. The number of rotatable bonds is 4. The predicted molar refractivity (Wildman–Crippen MR) is 96.3 cm³/mol. The molecule has 0 aliphatic heterocycles. The van der Waals surface area contributed by atoms with Crippen LogP contribution in [0.4, 0.5) is 8.78 Å². The summed E-state index contributed by atoms with van der Waals surface area (Å²) in [5.41, 5.74) is 1.80. The third-order valence-corrected chi connectivity index (χ3v) is 4.01. The molecule has 0 aliphatic carbocycles. The van der Waals surface area contributed by atoms with Crippen molar-refractivity contribution < 1.29 is 18.0 Å². The summed E-state index contributed by atoms with van der Waals surface area (Å²) >= 11 is 0. The topological polar surface area (TPSA) is 48.2 Å². The van der Waals surface area contributed by atoms with Crippen LogP contribution in [0.15, 0.2) is 71.3 Å². The second kappa shape index (κ2) is 6.99. The number of nitrogens with zero attached hydrogens (tertiary/aromatic N) is 2. The van der Waals surface area contributed by atoms with E-state index in [1.807, 2.05) is 0 Å². The van der Waals surface area contributed by atoms with Crippen molar-refractivity contribution in [3.05, 3.63) is 83.9 Å². The van der Waals surface area contributed by atoms with E-state index in [-0.39, 0.29) is 11.6 Å². The Hall–Kier alpha value is -3.54. The fourth-order valence-electron chi connectivity index (χ4n) is 2.49. The van der Waals surface area contributed by atoms with Crippen molar-refractivity contribution >= 4 is 0 Å². The summed E-state index contributed by atoms with van der Waals surface area (Å²) in [6, 6.07) is 17.6. The number of hydrogen-bond acceptors (Lipinski definition) is 4. The van der Waals surface area contributed by atoms with Gasteiger partial charge in [0.05, 0.1) is 0 Å². The van der Waals surface area contributed by atoms with Crippen molar-refractivity contribution in [1.29, 1.82) is 0 Å². The van der Waals surface area contributed by atoms with Crippen LogP contribution in [-0.2, 0) is 0 Å². The molecule has 0 unspecified atom stereocenters. The van der Waals surface area contributed by atoms with Gasteiger partial charge in [-0.15, -0.1) is 0 Å². The normalized spacial score (nSPS) is 10.8. The lowest BCUT2D eigenvalue weighted by Gasteiger charge is -2.05. The third kappa shape index (κ3) is 3.69. The highest BCUT2D eigenvalue weighted by Gasteiger charge is 2.12. The Labute approximate surface area is 154 Å². The molecule has 27 heavy (non-hydrogen) atoms. The van der Waals surface area contributed by atoms with Crippen LogP contribution >= 0.6 is 0 Å². The molecule has 4 rings (SSSR count). The molecule has 134 valence electrons. The second-order valence-electron chi connectivity index (χ2n) is 5.97. The van der Waals surface area contributed by atoms with Crippen LogP contribution in [0.1, 0.15) is 5.56 Å². The average Bonchev–Trinajstić information content (AvgIpc) is 3.17. The number of hydrogen-bond donors (Lipinski definition) is 0. The Morgan fingerprint density at radius 3 is 2.11 bits per heavy atom. The van der Waals surface area contributed by atoms with Gasteiger partial charge in [0.25, 0.3) is 5.89 Å². The standard InChI is InChI=1S/C21H14F2N2O2/c1-13-2-3-15(12-19(13)23)20-24-21(27-25-20)14-4-8-17(9-5-14)26-18-10-6-16(22)7-11-18/h2-12H,1H3. The zero-order valence-corrected chi connectivity index (χ0v) is 14.3. The highest BCUT2D eigenvalue weighted by molar-refractivity contribution is 5.60. The molecule has 0 saturated heterocycles. The first-order valence-corrected chi connectivity index (χ1v) is 8.22. The number of ether oxygens (including phenoxy) is 1. The zero-order chi connectivity index (χ0) is 18.8. The maximum Gasteiger partial charge on any atom is 0.258 e. The highest BCUT2D eigenvalue weighted by Crippen LogP contribution is 2.27. The fourth-order valence-corrected chi connectivity index (χ4v) is 2.49. The molecule has 4 aromatic rings. The summed E-state index contributed by atoms with van der Waals surface area (Å²) in [5, 5.41) is 3.91. The summed E-state index contributed by atoms with van der Waals surface area (Å²) in [7, 11) is 0. The molecule has 1 heterocycles. The first-order valence-electron chi connectivity index (χ1n) is 8.22. The van der Waals surface area contributed by atoms with E-state index in [0.29, 0.717) is 39.9 Å². The largest absolute Gasteiger partial charge is 0.457 e. The van der Waals surface area contributed by atoms with Crippen molar-refractivity contribution in [1.82, 2.24) is 10.1 Å². The van der Waals surface area contributed by atoms with Crippen LogP contribution in [0.5, 0.6) is 11.5 Å². The van der Waals surface area contributed by atoms with Gasteiger partial charge in [-0.3, -0.25) is 0 Å². The monoisotopic (exact) mass is 364 g/mol. The number of aromatic nitrogens is 2. The van der Waals surface area contributed by atoms with E-state index in [2.05, 4.69) is 10.1 Å². The fraction of sp³-hybridized carbons (Fsp3) is 0.0476. The third-order valence-electron chi connectivity index (χ3n) is 4.01. The van der Waals surface area contributed by atoms with Gasteiger partial charge in [0.1, 0.15) is 23.1 Å². The van der Waals surface area contributed by atoms with E-state index in [1.54, 1.807) is 55.5 Å². The van der Waals surface area contributed by atoms with E-state index in [4.69, 9.17) is 9.26 Å². The van der Waals surface area contributed by atoms with E-state index in [0.717, 1.165) is 0 Å². The summed E-state index contributed by atoms with van der Waals surface area (Å²) in [6.45, 7) is 1.69. The molecule has 1 aromatic heterocycles. The van der Waals surface area contributed by atoms with Crippen molar-refractivity contribution in [3.63, 3.8) is 0 Å². The molecular formula is C21H14F2N2O2. The van der Waals surface area contributed by atoms with Gasteiger partial charge in [-0.05, 0) is 67.1 Å². The molecule has 4 nitrogen and oxygen atoms in total. The lowest BCUT2D eigenvalue weighted by Crippen LogP contribution is -1.86. The summed E-state index contributed by atoms with van der Waals surface area (Å²) in [5.74, 6) is 1.12. The minimum atomic E-state index is -0.321. The van der Waals surface area contributed by atoms with Gasteiger partial charge in [-0.25, -0.2) is 8.78 Å². The van der Waals surface area contributed by atoms with Crippen LogP contribution in [0.2, 0.25) is 0 Å². The Morgan fingerprint density at radius 2 is 1.44 bits per heavy atom. The van der Waals surface area contributed by atoms with Crippen LogP contribution in [0.3, 0.4) is 0 Å². The van der Waals surface area contributed by atoms with E-state index < -0.39 is 0 Å². The summed E-state index contributed by atoms with van der Waals surface area (Å²) in [6.07, 6.45) is 0. The zero-order valence-electron chi connectivity index (χ0n) is 14.3. The Bertz CT molecular complexity index is 1070. The minimum absolute atomic E-state index is 0.315. The highest BCUT2D eigenvalue weighted by atomic mass is 19.1. The Kier molecular flexibility index (Phi) is 4.38.